The van der Waals surface area contributed by atoms with Gasteiger partial charge in [-0.25, -0.2) is 14.6 Å². The number of nitrogens with zero attached hydrogens (tertiary/aromatic N) is 3. The number of carbonyl (C=O) groups excluding carboxylic acids is 6. The van der Waals surface area contributed by atoms with Gasteiger partial charge in [-0.2, -0.15) is 0 Å². The first-order valence-electron chi connectivity index (χ1n) is 15.9. The van der Waals surface area contributed by atoms with Crippen LogP contribution in [0.4, 0.5) is 9.93 Å². The van der Waals surface area contributed by atoms with Crippen LogP contribution >= 0.6 is 23.1 Å². The molecular formula is C32H43N5O11S2. The SMILES string of the molecule is CC(C)=CCOC(=O)[C@]12OC(=O)C[C@H]1CS[C@@H]1[C@H](CNC(=O)/C(=N\OCCC(=O)OC(C)(C)C)c3csc(NC(=O)OC(C)(C)C)n3)C(=O)N12. The largest absolute Gasteiger partial charge is 0.460 e. The zero-order valence-electron chi connectivity index (χ0n) is 29.3. The minimum Gasteiger partial charge on any atom is -0.460 e. The van der Waals surface area contributed by atoms with Crippen LogP contribution in [-0.2, 0) is 47.8 Å². The molecule has 1 aromatic rings. The Bertz CT molecular complexity index is 1570. The summed E-state index contributed by atoms with van der Waals surface area (Å²) in [5.41, 5.74) is -2.63. The first kappa shape index (κ1) is 38.6. The Balaban J connectivity index is 1.47. The van der Waals surface area contributed by atoms with Gasteiger partial charge in [-0.1, -0.05) is 10.7 Å². The predicted octanol–water partition coefficient (Wildman–Crippen LogP) is 3.36. The van der Waals surface area contributed by atoms with Gasteiger partial charge in [0, 0.05) is 23.6 Å². The maximum atomic E-state index is 13.6. The summed E-state index contributed by atoms with van der Waals surface area (Å²) in [7, 11) is 0. The number of rotatable bonds is 12. The Kier molecular flexibility index (Phi) is 11.9. The van der Waals surface area contributed by atoms with Crippen LogP contribution in [0.1, 0.15) is 73.9 Å². The molecule has 3 saturated heterocycles. The van der Waals surface area contributed by atoms with E-state index in [0.29, 0.717) is 5.75 Å². The highest BCUT2D eigenvalue weighted by Crippen LogP contribution is 2.53. The van der Waals surface area contributed by atoms with Gasteiger partial charge in [0.1, 0.15) is 30.1 Å². The Morgan fingerprint density at radius 3 is 2.48 bits per heavy atom. The number of aromatic nitrogens is 1. The average Bonchev–Trinajstić information content (AvgIpc) is 3.57. The summed E-state index contributed by atoms with van der Waals surface area (Å²) < 4.78 is 21.5. The van der Waals surface area contributed by atoms with Crippen LogP contribution in [0, 0.1) is 11.8 Å². The van der Waals surface area contributed by atoms with Gasteiger partial charge in [0.05, 0.1) is 24.1 Å². The van der Waals surface area contributed by atoms with Crippen LogP contribution in [0.3, 0.4) is 0 Å². The number of amides is 3. The summed E-state index contributed by atoms with van der Waals surface area (Å²) in [6, 6.07) is 0. The molecule has 0 radical (unpaired) electrons. The highest BCUT2D eigenvalue weighted by atomic mass is 32.2. The van der Waals surface area contributed by atoms with Crippen molar-refractivity contribution in [2.75, 3.05) is 30.8 Å². The number of thioether (sulfide) groups is 1. The van der Waals surface area contributed by atoms with Gasteiger partial charge in [0.2, 0.25) is 5.91 Å². The number of fused-ring (bicyclic) bond motifs is 3. The third-order valence-corrected chi connectivity index (χ3v) is 9.47. The van der Waals surface area contributed by atoms with E-state index in [1.165, 1.54) is 22.0 Å². The monoisotopic (exact) mass is 737 g/mol. The topological polar surface area (TPSA) is 201 Å². The van der Waals surface area contributed by atoms with E-state index in [9.17, 15) is 28.8 Å². The maximum Gasteiger partial charge on any atom is 0.413 e. The minimum absolute atomic E-state index is 0.0329. The number of nitrogens with one attached hydrogen (secondary N) is 2. The van der Waals surface area contributed by atoms with Crippen molar-refractivity contribution in [3.63, 3.8) is 0 Å². The average molecular weight is 738 g/mol. The van der Waals surface area contributed by atoms with Crippen molar-refractivity contribution in [1.29, 1.82) is 0 Å². The Morgan fingerprint density at radius 2 is 1.82 bits per heavy atom. The molecule has 2 N–H and O–H groups in total. The molecule has 3 aliphatic heterocycles. The highest BCUT2D eigenvalue weighted by molar-refractivity contribution is 8.00. The Labute approximate surface area is 298 Å². The van der Waals surface area contributed by atoms with E-state index in [1.807, 2.05) is 13.8 Å². The molecule has 0 spiro atoms. The molecule has 274 valence electrons. The van der Waals surface area contributed by atoms with Crippen molar-refractivity contribution in [2.45, 2.75) is 90.5 Å². The highest BCUT2D eigenvalue weighted by Gasteiger charge is 2.71. The number of esters is 3. The lowest BCUT2D eigenvalue weighted by atomic mass is 9.86. The third-order valence-electron chi connectivity index (χ3n) is 7.24. The fraction of sp³-hybridized carbons (Fsp3) is 0.625. The number of carbonyl (C=O) groups is 6. The maximum absolute atomic E-state index is 13.6. The summed E-state index contributed by atoms with van der Waals surface area (Å²) in [5.74, 6) is -4.19. The van der Waals surface area contributed by atoms with E-state index < -0.39 is 70.0 Å². The summed E-state index contributed by atoms with van der Waals surface area (Å²) in [6.07, 6.45) is 0.773. The van der Waals surface area contributed by atoms with E-state index in [1.54, 1.807) is 47.6 Å². The van der Waals surface area contributed by atoms with Gasteiger partial charge >= 0.3 is 24.0 Å². The van der Waals surface area contributed by atoms with Crippen LogP contribution in [0.2, 0.25) is 0 Å². The van der Waals surface area contributed by atoms with Crippen LogP contribution in [-0.4, -0.2) is 99.2 Å². The first-order chi connectivity index (χ1) is 23.3. The third kappa shape index (κ3) is 9.32. The number of hydrogen-bond acceptors (Lipinski definition) is 15. The van der Waals surface area contributed by atoms with Crippen LogP contribution in [0.15, 0.2) is 22.2 Å². The van der Waals surface area contributed by atoms with Crippen LogP contribution in [0.25, 0.3) is 0 Å². The molecule has 18 heteroatoms. The summed E-state index contributed by atoms with van der Waals surface area (Å²) in [6.45, 7) is 13.6. The fourth-order valence-electron chi connectivity index (χ4n) is 5.17. The molecule has 0 aromatic carbocycles. The van der Waals surface area contributed by atoms with Crippen molar-refractivity contribution in [3.8, 4) is 0 Å². The molecule has 50 heavy (non-hydrogen) atoms. The predicted molar refractivity (Wildman–Crippen MR) is 182 cm³/mol. The van der Waals surface area contributed by atoms with Crippen LogP contribution < -0.4 is 10.6 Å². The summed E-state index contributed by atoms with van der Waals surface area (Å²) in [5, 5.41) is 10.1. The first-order valence-corrected chi connectivity index (χ1v) is 17.9. The Hall–Kier alpha value is -4.19. The molecule has 1 aromatic heterocycles. The number of hydrogen-bond donors (Lipinski definition) is 2. The van der Waals surface area contributed by atoms with Gasteiger partial charge in [0.15, 0.2) is 10.8 Å². The number of allylic oxidation sites excluding steroid dienone is 1. The molecule has 0 bridgehead atoms. The molecule has 3 aliphatic rings. The van der Waals surface area contributed by atoms with Crippen LogP contribution in [0.5, 0.6) is 0 Å². The number of β-lactam (4-membered cyclic amide) rings is 1. The fourth-order valence-corrected chi connectivity index (χ4v) is 7.48. The molecule has 4 heterocycles. The van der Waals surface area contributed by atoms with E-state index in [4.69, 9.17) is 23.8 Å². The molecule has 16 nitrogen and oxygen atoms in total. The lowest BCUT2D eigenvalue weighted by Crippen LogP contribution is -2.76. The van der Waals surface area contributed by atoms with Gasteiger partial charge < -0.3 is 29.1 Å². The molecular weight excluding hydrogens is 695 g/mol. The minimum atomic E-state index is -1.87. The van der Waals surface area contributed by atoms with Crippen molar-refractivity contribution in [3.05, 3.63) is 22.7 Å². The molecule has 0 saturated carbocycles. The molecule has 4 atom stereocenters. The van der Waals surface area contributed by atoms with Gasteiger partial charge in [-0.15, -0.1) is 23.1 Å². The van der Waals surface area contributed by atoms with Crippen molar-refractivity contribution in [2.24, 2.45) is 17.0 Å². The molecule has 0 aliphatic carbocycles. The zero-order valence-corrected chi connectivity index (χ0v) is 30.9. The number of ether oxygens (including phenoxy) is 4. The molecule has 0 unspecified atom stereocenters. The van der Waals surface area contributed by atoms with Gasteiger partial charge in [-0.3, -0.25) is 29.4 Å². The van der Waals surface area contributed by atoms with Crippen molar-refractivity contribution in [1.82, 2.24) is 15.2 Å². The van der Waals surface area contributed by atoms with E-state index >= 15 is 0 Å². The molecule has 3 amide bonds. The number of anilines is 1. The second-order valence-electron chi connectivity index (χ2n) is 14.0. The van der Waals surface area contributed by atoms with Gasteiger partial charge in [-0.05, 0) is 61.5 Å². The molecule has 4 rings (SSSR count). The second-order valence-corrected chi connectivity index (χ2v) is 16.0. The lowest BCUT2D eigenvalue weighted by Gasteiger charge is -2.57. The van der Waals surface area contributed by atoms with Crippen molar-refractivity contribution >= 4 is 69.8 Å². The lowest BCUT2D eigenvalue weighted by molar-refractivity contribution is -0.221. The number of thiazole rings is 1. The quantitative estimate of drug-likeness (QED) is 0.0602. The van der Waals surface area contributed by atoms with E-state index in [-0.39, 0.29) is 49.1 Å². The number of oxime groups is 1. The smallest absolute Gasteiger partial charge is 0.413 e. The summed E-state index contributed by atoms with van der Waals surface area (Å²) in [4.78, 5) is 88.0. The zero-order chi connectivity index (χ0) is 37.0. The van der Waals surface area contributed by atoms with Gasteiger partial charge in [0.25, 0.3) is 11.6 Å². The Morgan fingerprint density at radius 1 is 1.12 bits per heavy atom. The van der Waals surface area contributed by atoms with Crippen molar-refractivity contribution < 1.29 is 52.6 Å². The van der Waals surface area contributed by atoms with E-state index in [2.05, 4.69) is 20.8 Å². The normalized spacial score (nSPS) is 23.0. The molecule has 3 fully saturated rings. The second kappa shape index (κ2) is 15.4. The van der Waals surface area contributed by atoms with E-state index in [0.717, 1.165) is 16.9 Å². The standard InChI is InChI=1S/C32H43N5O11S2/c1-17(2)9-11-44-27(42)32-18(13-22(39)47-32)15-49-26-19(25(41)37(26)32)14-33-24(40)23(36-45-12-10-21(38)46-30(3,4)5)20-16-50-28(34-20)35-29(43)48-31(6,7)8/h9,16,18-19,26H,10-15H2,1-8H3,(H,33,40)(H,34,35,43)/b36-23-/t18-,19+,26+,32+/m0/s1. The summed E-state index contributed by atoms with van der Waals surface area (Å²) >= 11 is 2.39.